The fraction of sp³-hybridized carbons (Fsp3) is 0.483. The monoisotopic (exact) mass is 491 g/mol. The molecule has 0 aromatic heterocycles. The standard InChI is InChI=1S/C29H37N3O4/c1-4-28(2,3)23-14-16-29(17-15-23)26(34)32(27(35)31-29)19-25(33)30-18-21-10-12-22(13-11-21)20-36-24-8-6-5-7-9-24/h5-13,23H,4,14-20H2,1-3H3,(H,30,33)(H,31,35). The van der Waals surface area contributed by atoms with Crippen LogP contribution in [0.3, 0.4) is 0 Å². The van der Waals surface area contributed by atoms with Crippen molar-refractivity contribution in [2.45, 2.75) is 71.6 Å². The molecule has 1 saturated carbocycles. The van der Waals surface area contributed by atoms with E-state index in [0.717, 1.165) is 41.0 Å². The molecule has 192 valence electrons. The average Bonchev–Trinajstić information content (AvgIpc) is 3.11. The van der Waals surface area contributed by atoms with Crippen molar-refractivity contribution in [3.8, 4) is 5.75 Å². The van der Waals surface area contributed by atoms with E-state index in [9.17, 15) is 14.4 Å². The maximum Gasteiger partial charge on any atom is 0.325 e. The van der Waals surface area contributed by atoms with E-state index in [1.807, 2.05) is 54.6 Å². The first-order chi connectivity index (χ1) is 17.2. The normalized spacial score (nSPS) is 22.0. The van der Waals surface area contributed by atoms with Crippen molar-refractivity contribution in [2.24, 2.45) is 11.3 Å². The molecule has 36 heavy (non-hydrogen) atoms. The molecule has 2 aromatic carbocycles. The number of benzene rings is 2. The van der Waals surface area contributed by atoms with Gasteiger partial charge in [-0.25, -0.2) is 4.79 Å². The minimum Gasteiger partial charge on any atom is -0.489 e. The first kappa shape index (κ1) is 25.7. The smallest absolute Gasteiger partial charge is 0.325 e. The third-order valence-electron chi connectivity index (χ3n) is 8.06. The number of carbonyl (C=O) groups is 3. The van der Waals surface area contributed by atoms with Gasteiger partial charge < -0.3 is 15.4 Å². The topological polar surface area (TPSA) is 87.7 Å². The number of amides is 4. The van der Waals surface area contributed by atoms with Crippen molar-refractivity contribution in [1.82, 2.24) is 15.5 Å². The minimum absolute atomic E-state index is 0.222. The Bertz CT molecular complexity index is 1070. The average molecular weight is 492 g/mol. The molecule has 2 aromatic rings. The molecule has 4 amide bonds. The van der Waals surface area contributed by atoms with Crippen LogP contribution in [-0.4, -0.2) is 34.8 Å². The van der Waals surface area contributed by atoms with Gasteiger partial charge >= 0.3 is 6.03 Å². The Morgan fingerprint density at radius 3 is 2.33 bits per heavy atom. The van der Waals surface area contributed by atoms with Crippen LogP contribution < -0.4 is 15.4 Å². The molecule has 4 rings (SSSR count). The SMILES string of the molecule is CCC(C)(C)C1CCC2(CC1)NC(=O)N(CC(=O)NCc1ccc(COc3ccccc3)cc1)C2=O. The van der Waals surface area contributed by atoms with Crippen LogP contribution in [-0.2, 0) is 22.7 Å². The molecular weight excluding hydrogens is 454 g/mol. The van der Waals surface area contributed by atoms with Crippen molar-refractivity contribution in [1.29, 1.82) is 0 Å². The molecule has 7 heteroatoms. The van der Waals surface area contributed by atoms with Crippen LogP contribution in [0.1, 0.15) is 64.0 Å². The van der Waals surface area contributed by atoms with Crippen molar-refractivity contribution >= 4 is 17.8 Å². The van der Waals surface area contributed by atoms with E-state index in [-0.39, 0.29) is 23.8 Å². The zero-order valence-corrected chi connectivity index (χ0v) is 21.5. The third kappa shape index (κ3) is 5.72. The summed E-state index contributed by atoms with van der Waals surface area (Å²) in [5, 5.41) is 5.74. The summed E-state index contributed by atoms with van der Waals surface area (Å²) < 4.78 is 5.76. The molecule has 0 bridgehead atoms. The molecule has 1 aliphatic carbocycles. The van der Waals surface area contributed by atoms with E-state index in [4.69, 9.17) is 4.74 Å². The number of nitrogens with one attached hydrogen (secondary N) is 2. The molecule has 7 nitrogen and oxygen atoms in total. The molecule has 1 aliphatic heterocycles. The summed E-state index contributed by atoms with van der Waals surface area (Å²) in [6.07, 6.45) is 4.15. The Labute approximate surface area is 213 Å². The second-order valence-corrected chi connectivity index (χ2v) is 10.7. The second kappa shape index (κ2) is 10.7. The molecule has 0 atom stereocenters. The first-order valence-corrected chi connectivity index (χ1v) is 12.9. The molecule has 1 saturated heterocycles. The Morgan fingerprint density at radius 1 is 1.06 bits per heavy atom. The molecule has 1 heterocycles. The van der Waals surface area contributed by atoms with Crippen LogP contribution in [0.4, 0.5) is 4.79 Å². The van der Waals surface area contributed by atoms with Crippen LogP contribution in [0.2, 0.25) is 0 Å². The summed E-state index contributed by atoms with van der Waals surface area (Å²) >= 11 is 0. The summed E-state index contributed by atoms with van der Waals surface area (Å²) in [4.78, 5) is 39.4. The lowest BCUT2D eigenvalue weighted by Gasteiger charge is -2.42. The first-order valence-electron chi connectivity index (χ1n) is 12.9. The van der Waals surface area contributed by atoms with Crippen molar-refractivity contribution in [3.05, 3.63) is 65.7 Å². The Hall–Kier alpha value is -3.35. The van der Waals surface area contributed by atoms with E-state index in [1.165, 1.54) is 0 Å². The van der Waals surface area contributed by atoms with Crippen LogP contribution in [0, 0.1) is 11.3 Å². The van der Waals surface area contributed by atoms with Gasteiger partial charge in [-0.2, -0.15) is 0 Å². The zero-order chi connectivity index (χ0) is 25.8. The maximum atomic E-state index is 13.2. The van der Waals surface area contributed by atoms with Gasteiger partial charge in [0.15, 0.2) is 0 Å². The maximum absolute atomic E-state index is 13.2. The van der Waals surface area contributed by atoms with Crippen molar-refractivity contribution in [3.63, 3.8) is 0 Å². The van der Waals surface area contributed by atoms with Gasteiger partial charge in [-0.15, -0.1) is 0 Å². The van der Waals surface area contributed by atoms with Gasteiger partial charge in [-0.05, 0) is 60.3 Å². The molecule has 2 aliphatic rings. The second-order valence-electron chi connectivity index (χ2n) is 10.7. The highest BCUT2D eigenvalue weighted by Crippen LogP contribution is 2.45. The quantitative estimate of drug-likeness (QED) is 0.494. The van der Waals surface area contributed by atoms with Crippen LogP contribution in [0.5, 0.6) is 5.75 Å². The van der Waals surface area contributed by atoms with Crippen molar-refractivity contribution in [2.75, 3.05) is 6.54 Å². The van der Waals surface area contributed by atoms with Gasteiger partial charge in [0.05, 0.1) is 0 Å². The molecule has 1 spiro atoms. The van der Waals surface area contributed by atoms with E-state index >= 15 is 0 Å². The van der Waals surface area contributed by atoms with Gasteiger partial charge in [-0.1, -0.05) is 69.7 Å². The van der Waals surface area contributed by atoms with Crippen LogP contribution >= 0.6 is 0 Å². The Balaban J connectivity index is 1.25. The number of hydrogen-bond donors (Lipinski definition) is 2. The number of nitrogens with zero attached hydrogens (tertiary/aromatic N) is 1. The largest absolute Gasteiger partial charge is 0.489 e. The molecular formula is C29H37N3O4. The summed E-state index contributed by atoms with van der Waals surface area (Å²) in [6.45, 7) is 7.25. The lowest BCUT2D eigenvalue weighted by atomic mass is 9.65. The summed E-state index contributed by atoms with van der Waals surface area (Å²) in [7, 11) is 0. The summed E-state index contributed by atoms with van der Waals surface area (Å²) in [5.41, 5.74) is 1.32. The van der Waals surface area contributed by atoms with Gasteiger partial charge in [0.1, 0.15) is 24.4 Å². The Morgan fingerprint density at radius 2 is 1.69 bits per heavy atom. The lowest BCUT2D eigenvalue weighted by Crippen LogP contribution is -2.51. The number of ether oxygens (including phenoxy) is 1. The van der Waals surface area contributed by atoms with E-state index in [1.54, 1.807) is 0 Å². The zero-order valence-electron chi connectivity index (χ0n) is 21.5. The number of urea groups is 1. The minimum atomic E-state index is -0.852. The van der Waals surface area contributed by atoms with Crippen LogP contribution in [0.15, 0.2) is 54.6 Å². The summed E-state index contributed by atoms with van der Waals surface area (Å²) in [6, 6.07) is 16.9. The Kier molecular flexibility index (Phi) is 7.67. The van der Waals surface area contributed by atoms with Gasteiger partial charge in [-0.3, -0.25) is 14.5 Å². The number of rotatable bonds is 9. The van der Waals surface area contributed by atoms with E-state index in [2.05, 4.69) is 31.4 Å². The van der Waals surface area contributed by atoms with Gasteiger partial charge in [0.2, 0.25) is 5.91 Å². The highest BCUT2D eigenvalue weighted by molar-refractivity contribution is 6.09. The molecule has 0 unspecified atom stereocenters. The fourth-order valence-corrected chi connectivity index (χ4v) is 5.18. The van der Waals surface area contributed by atoms with E-state index < -0.39 is 11.6 Å². The van der Waals surface area contributed by atoms with Gasteiger partial charge in [0.25, 0.3) is 5.91 Å². The van der Waals surface area contributed by atoms with Gasteiger partial charge in [0, 0.05) is 6.54 Å². The fourth-order valence-electron chi connectivity index (χ4n) is 5.18. The predicted octanol–water partition coefficient (Wildman–Crippen LogP) is 4.80. The number of imide groups is 1. The lowest BCUT2D eigenvalue weighted by molar-refractivity contribution is -0.136. The number of hydrogen-bond acceptors (Lipinski definition) is 4. The highest BCUT2D eigenvalue weighted by Gasteiger charge is 2.53. The molecule has 0 radical (unpaired) electrons. The highest BCUT2D eigenvalue weighted by atomic mass is 16.5. The summed E-state index contributed by atoms with van der Waals surface area (Å²) in [5.74, 6) is 0.728. The molecule has 2 N–H and O–H groups in total. The number of para-hydroxylation sites is 1. The van der Waals surface area contributed by atoms with Crippen LogP contribution in [0.25, 0.3) is 0 Å². The third-order valence-corrected chi connectivity index (χ3v) is 8.06. The molecule has 2 fully saturated rings. The van der Waals surface area contributed by atoms with E-state index in [0.29, 0.717) is 31.9 Å². The van der Waals surface area contributed by atoms with Crippen molar-refractivity contribution < 1.29 is 19.1 Å². The predicted molar refractivity (Wildman–Crippen MR) is 138 cm³/mol. The number of carbonyl (C=O) groups excluding carboxylic acids is 3.